The highest BCUT2D eigenvalue weighted by Crippen LogP contribution is 2.14. The first-order valence-corrected chi connectivity index (χ1v) is 9.62. The number of rotatable bonds is 6. The van der Waals surface area contributed by atoms with Gasteiger partial charge in [-0.15, -0.1) is 0 Å². The molecular weight excluding hydrogens is 356 g/mol. The Hall–Kier alpha value is -3.03. The Morgan fingerprint density at radius 1 is 1.07 bits per heavy atom. The van der Waals surface area contributed by atoms with Crippen molar-refractivity contribution in [1.29, 1.82) is 0 Å². The minimum atomic E-state index is -0.110. The molecule has 0 radical (unpaired) electrons. The molecule has 0 spiro atoms. The first-order valence-electron chi connectivity index (χ1n) is 9.62. The van der Waals surface area contributed by atoms with Gasteiger partial charge in [-0.3, -0.25) is 14.6 Å². The predicted octanol–water partition coefficient (Wildman–Crippen LogP) is 1.71. The van der Waals surface area contributed by atoms with Gasteiger partial charge in [0, 0.05) is 64.6 Å². The first-order chi connectivity index (χ1) is 13.6. The monoisotopic (exact) mass is 382 g/mol. The molecule has 1 saturated heterocycles. The lowest BCUT2D eigenvalue weighted by Crippen LogP contribution is -2.49. The lowest BCUT2D eigenvalue weighted by molar-refractivity contribution is 0.0745. The summed E-state index contributed by atoms with van der Waals surface area (Å²) >= 11 is 0. The quantitative estimate of drug-likeness (QED) is 0.756. The van der Waals surface area contributed by atoms with Crippen LogP contribution in [0.15, 0.2) is 36.9 Å². The summed E-state index contributed by atoms with van der Waals surface area (Å²) in [5.41, 5.74) is 0.889. The highest BCUT2D eigenvalue weighted by molar-refractivity contribution is 5.99. The van der Waals surface area contributed by atoms with Gasteiger partial charge in [-0.25, -0.2) is 9.97 Å². The van der Waals surface area contributed by atoms with Crippen LogP contribution in [0.3, 0.4) is 0 Å². The van der Waals surface area contributed by atoms with Crippen molar-refractivity contribution in [2.75, 3.05) is 44.7 Å². The fraction of sp³-hybridized carbons (Fsp3) is 0.450. The SMILES string of the molecule is CCCCN(C)C(=O)c1cncc(C(=O)N2CCN(c3ncccn3)CC2)c1. The molecule has 0 atom stereocenters. The largest absolute Gasteiger partial charge is 0.342 e. The number of piperazine rings is 1. The third-order valence-electron chi connectivity index (χ3n) is 4.83. The van der Waals surface area contributed by atoms with Gasteiger partial charge in [0.15, 0.2) is 0 Å². The van der Waals surface area contributed by atoms with E-state index in [0.717, 1.165) is 12.8 Å². The normalized spacial score (nSPS) is 14.1. The minimum absolute atomic E-state index is 0.105. The van der Waals surface area contributed by atoms with Gasteiger partial charge in [0.05, 0.1) is 11.1 Å². The van der Waals surface area contributed by atoms with E-state index in [-0.39, 0.29) is 11.8 Å². The summed E-state index contributed by atoms with van der Waals surface area (Å²) < 4.78 is 0. The Labute approximate surface area is 165 Å². The van der Waals surface area contributed by atoms with E-state index < -0.39 is 0 Å². The molecule has 1 aliphatic rings. The number of unbranched alkanes of at least 4 members (excludes halogenated alkanes) is 1. The summed E-state index contributed by atoms with van der Waals surface area (Å²) in [6.45, 7) is 5.26. The standard InChI is InChI=1S/C20H26N6O2/c1-3-4-8-24(2)18(27)16-13-17(15-21-14-16)19(28)25-9-11-26(12-10-25)20-22-6-5-7-23-20/h5-7,13-15H,3-4,8-12H2,1-2H3. The molecule has 148 valence electrons. The second-order valence-corrected chi connectivity index (χ2v) is 6.87. The molecule has 0 bridgehead atoms. The van der Waals surface area contributed by atoms with Crippen LogP contribution >= 0.6 is 0 Å². The van der Waals surface area contributed by atoms with Crippen LogP contribution < -0.4 is 4.90 Å². The zero-order valence-corrected chi connectivity index (χ0v) is 16.4. The summed E-state index contributed by atoms with van der Waals surface area (Å²) in [6.07, 6.45) is 8.44. The Morgan fingerprint density at radius 3 is 2.43 bits per heavy atom. The predicted molar refractivity (Wildman–Crippen MR) is 106 cm³/mol. The smallest absolute Gasteiger partial charge is 0.255 e. The molecule has 0 saturated carbocycles. The molecule has 3 heterocycles. The highest BCUT2D eigenvalue weighted by atomic mass is 16.2. The number of hydrogen-bond donors (Lipinski definition) is 0. The Morgan fingerprint density at radius 2 is 1.75 bits per heavy atom. The fourth-order valence-electron chi connectivity index (χ4n) is 3.14. The van der Waals surface area contributed by atoms with E-state index in [1.54, 1.807) is 41.4 Å². The van der Waals surface area contributed by atoms with E-state index in [2.05, 4.69) is 26.8 Å². The second kappa shape index (κ2) is 9.25. The van der Waals surface area contributed by atoms with Crippen molar-refractivity contribution in [1.82, 2.24) is 24.8 Å². The second-order valence-electron chi connectivity index (χ2n) is 6.87. The van der Waals surface area contributed by atoms with Crippen molar-refractivity contribution < 1.29 is 9.59 Å². The molecule has 1 fully saturated rings. The molecule has 2 aromatic heterocycles. The van der Waals surface area contributed by atoms with Crippen LogP contribution in [0.4, 0.5) is 5.95 Å². The van der Waals surface area contributed by atoms with Crippen LogP contribution in [0.5, 0.6) is 0 Å². The van der Waals surface area contributed by atoms with Crippen LogP contribution in [0.25, 0.3) is 0 Å². The van der Waals surface area contributed by atoms with Crippen molar-refractivity contribution in [3.8, 4) is 0 Å². The van der Waals surface area contributed by atoms with Gasteiger partial charge in [0.2, 0.25) is 5.95 Å². The molecule has 0 unspecified atom stereocenters. The average Bonchev–Trinajstić information content (AvgIpc) is 2.77. The van der Waals surface area contributed by atoms with Gasteiger partial charge >= 0.3 is 0 Å². The number of hydrogen-bond acceptors (Lipinski definition) is 6. The van der Waals surface area contributed by atoms with E-state index in [9.17, 15) is 9.59 Å². The maximum Gasteiger partial charge on any atom is 0.255 e. The molecule has 0 aliphatic carbocycles. The Bertz CT molecular complexity index is 805. The summed E-state index contributed by atoms with van der Waals surface area (Å²) in [7, 11) is 1.78. The maximum absolute atomic E-state index is 12.9. The zero-order chi connectivity index (χ0) is 19.9. The Balaban J connectivity index is 1.63. The van der Waals surface area contributed by atoms with Crippen LogP contribution in [0.2, 0.25) is 0 Å². The van der Waals surface area contributed by atoms with Crippen molar-refractivity contribution in [2.45, 2.75) is 19.8 Å². The number of pyridine rings is 1. The topological polar surface area (TPSA) is 82.5 Å². The third kappa shape index (κ3) is 4.62. The number of nitrogens with zero attached hydrogens (tertiary/aromatic N) is 6. The summed E-state index contributed by atoms with van der Waals surface area (Å²) in [5, 5.41) is 0. The van der Waals surface area contributed by atoms with Gasteiger partial charge in [-0.05, 0) is 18.6 Å². The fourth-order valence-corrected chi connectivity index (χ4v) is 3.14. The van der Waals surface area contributed by atoms with Crippen LogP contribution in [0, 0.1) is 0 Å². The number of anilines is 1. The molecule has 8 heteroatoms. The number of aromatic nitrogens is 3. The molecule has 2 amide bonds. The lowest BCUT2D eigenvalue weighted by atomic mass is 10.1. The molecular formula is C20H26N6O2. The van der Waals surface area contributed by atoms with Crippen molar-refractivity contribution in [3.63, 3.8) is 0 Å². The molecule has 0 N–H and O–H groups in total. The van der Waals surface area contributed by atoms with Gasteiger partial charge in [-0.1, -0.05) is 13.3 Å². The third-order valence-corrected chi connectivity index (χ3v) is 4.83. The molecule has 0 aromatic carbocycles. The van der Waals surface area contributed by atoms with Gasteiger partial charge in [0.25, 0.3) is 11.8 Å². The summed E-state index contributed by atoms with van der Waals surface area (Å²) in [4.78, 5) is 43.6. The lowest BCUT2D eigenvalue weighted by Gasteiger charge is -2.34. The first kappa shape index (κ1) is 19.7. The molecule has 8 nitrogen and oxygen atoms in total. The van der Waals surface area contributed by atoms with Gasteiger partial charge in [0.1, 0.15) is 0 Å². The van der Waals surface area contributed by atoms with Gasteiger partial charge in [-0.2, -0.15) is 0 Å². The van der Waals surface area contributed by atoms with Crippen LogP contribution in [-0.2, 0) is 0 Å². The van der Waals surface area contributed by atoms with Crippen molar-refractivity contribution >= 4 is 17.8 Å². The summed E-state index contributed by atoms with van der Waals surface area (Å²) in [6, 6.07) is 3.43. The van der Waals surface area contributed by atoms with E-state index >= 15 is 0 Å². The van der Waals surface area contributed by atoms with Crippen molar-refractivity contribution in [3.05, 3.63) is 48.0 Å². The molecule has 2 aromatic rings. The summed E-state index contributed by atoms with van der Waals surface area (Å²) in [5.74, 6) is 0.465. The average molecular weight is 382 g/mol. The minimum Gasteiger partial charge on any atom is -0.342 e. The maximum atomic E-state index is 12.9. The van der Waals surface area contributed by atoms with Crippen molar-refractivity contribution in [2.24, 2.45) is 0 Å². The molecule has 28 heavy (non-hydrogen) atoms. The van der Waals surface area contributed by atoms with Crippen LogP contribution in [-0.4, -0.2) is 76.3 Å². The number of amides is 2. The number of carbonyl (C=O) groups is 2. The zero-order valence-electron chi connectivity index (χ0n) is 16.4. The highest BCUT2D eigenvalue weighted by Gasteiger charge is 2.24. The van der Waals surface area contributed by atoms with Gasteiger partial charge < -0.3 is 14.7 Å². The molecule has 3 rings (SSSR count). The van der Waals surface area contributed by atoms with E-state index in [1.807, 2.05) is 0 Å². The van der Waals surface area contributed by atoms with E-state index in [4.69, 9.17) is 0 Å². The van der Waals surface area contributed by atoms with E-state index in [1.165, 1.54) is 12.4 Å². The number of carbonyl (C=O) groups excluding carboxylic acids is 2. The van der Waals surface area contributed by atoms with E-state index in [0.29, 0.717) is 49.8 Å². The molecule has 1 aliphatic heterocycles. The van der Waals surface area contributed by atoms with Crippen LogP contribution in [0.1, 0.15) is 40.5 Å². The Kier molecular flexibility index (Phi) is 6.52.